The maximum Gasteiger partial charge on any atom is 0.251 e. The van der Waals surface area contributed by atoms with Gasteiger partial charge >= 0.3 is 0 Å². The fraction of sp³-hybridized carbons (Fsp3) is 0.200. The Morgan fingerprint density at radius 3 is 2.48 bits per heavy atom. The normalized spacial score (nSPS) is 10.4. The third-order valence-corrected chi connectivity index (χ3v) is 4.09. The molecule has 0 aliphatic heterocycles. The van der Waals surface area contributed by atoms with Crippen molar-refractivity contribution in [3.05, 3.63) is 63.9 Å². The smallest absolute Gasteiger partial charge is 0.251 e. The largest absolute Gasteiger partial charge is 0.351 e. The predicted octanol–water partition coefficient (Wildman–Crippen LogP) is 4.05. The number of carbonyl (C=O) groups excluding carboxylic acids is 1. The first-order valence-corrected chi connectivity index (χ1v) is 8.29. The van der Waals surface area contributed by atoms with Crippen molar-refractivity contribution in [1.29, 1.82) is 0 Å². The summed E-state index contributed by atoms with van der Waals surface area (Å²) in [7, 11) is 0. The first-order chi connectivity index (χ1) is 10.1. The molecule has 0 saturated heterocycles. The maximum atomic E-state index is 11.9. The van der Waals surface area contributed by atoms with Gasteiger partial charge in [0.05, 0.1) is 0 Å². The van der Waals surface area contributed by atoms with Gasteiger partial charge in [0.25, 0.3) is 5.91 Å². The second-order valence-electron chi connectivity index (χ2n) is 4.30. The number of rotatable bonds is 6. The van der Waals surface area contributed by atoms with Gasteiger partial charge in [-0.15, -0.1) is 0 Å². The van der Waals surface area contributed by atoms with Gasteiger partial charge in [-0.3, -0.25) is 4.79 Å². The highest BCUT2D eigenvalue weighted by Crippen LogP contribution is 2.15. The van der Waals surface area contributed by atoms with Crippen LogP contribution in [0.2, 0.25) is 10.3 Å². The summed E-state index contributed by atoms with van der Waals surface area (Å²) >= 11 is 13.3. The highest BCUT2D eigenvalue weighted by molar-refractivity contribution is 7.98. The zero-order chi connectivity index (χ0) is 15.1. The van der Waals surface area contributed by atoms with Gasteiger partial charge in [0.2, 0.25) is 0 Å². The quantitative estimate of drug-likeness (QED) is 0.637. The fourth-order valence-electron chi connectivity index (χ4n) is 1.70. The molecule has 1 aromatic heterocycles. The van der Waals surface area contributed by atoms with Crippen LogP contribution in [0.25, 0.3) is 0 Å². The summed E-state index contributed by atoms with van der Waals surface area (Å²) in [5.74, 6) is 1.58. The lowest BCUT2D eigenvalue weighted by atomic mass is 10.2. The molecule has 0 unspecified atom stereocenters. The van der Waals surface area contributed by atoms with E-state index in [0.717, 1.165) is 11.5 Å². The minimum Gasteiger partial charge on any atom is -0.351 e. The lowest BCUT2D eigenvalue weighted by molar-refractivity contribution is 0.0956. The molecule has 0 aliphatic carbocycles. The van der Waals surface area contributed by atoms with E-state index in [1.165, 1.54) is 17.7 Å². The molecular weight excluding hydrogens is 327 g/mol. The number of nitrogens with zero attached hydrogens (tertiary/aromatic N) is 1. The first kappa shape index (κ1) is 16.1. The van der Waals surface area contributed by atoms with Crippen LogP contribution in [-0.2, 0) is 5.75 Å². The number of pyridine rings is 1. The second-order valence-corrected chi connectivity index (χ2v) is 6.18. The van der Waals surface area contributed by atoms with Gasteiger partial charge in [-0.2, -0.15) is 11.8 Å². The van der Waals surface area contributed by atoms with Crippen LogP contribution >= 0.6 is 35.0 Å². The van der Waals surface area contributed by atoms with Crippen molar-refractivity contribution in [2.45, 2.75) is 5.75 Å². The second kappa shape index (κ2) is 8.27. The van der Waals surface area contributed by atoms with Gasteiger partial charge < -0.3 is 5.32 Å². The Kier molecular flexibility index (Phi) is 6.36. The van der Waals surface area contributed by atoms with E-state index in [-0.39, 0.29) is 16.2 Å². The first-order valence-electron chi connectivity index (χ1n) is 6.38. The van der Waals surface area contributed by atoms with Crippen LogP contribution in [0, 0.1) is 0 Å². The van der Waals surface area contributed by atoms with E-state index in [2.05, 4.69) is 22.4 Å². The molecule has 0 saturated carbocycles. The number of nitrogens with one attached hydrogen (secondary N) is 1. The number of hydrogen-bond acceptors (Lipinski definition) is 3. The molecule has 0 fully saturated rings. The number of benzene rings is 1. The molecule has 0 spiro atoms. The average Bonchev–Trinajstić information content (AvgIpc) is 2.47. The van der Waals surface area contributed by atoms with Crippen molar-refractivity contribution >= 4 is 40.9 Å². The molecule has 1 aromatic carbocycles. The van der Waals surface area contributed by atoms with E-state index >= 15 is 0 Å². The Hall–Kier alpha value is -1.23. The minimum atomic E-state index is -0.193. The molecule has 0 bridgehead atoms. The Balaban J connectivity index is 1.72. The minimum absolute atomic E-state index is 0.193. The Morgan fingerprint density at radius 1 is 1.14 bits per heavy atom. The monoisotopic (exact) mass is 340 g/mol. The molecule has 0 atom stereocenters. The van der Waals surface area contributed by atoms with Gasteiger partial charge in [-0.25, -0.2) is 4.98 Å². The van der Waals surface area contributed by atoms with E-state index in [9.17, 15) is 4.79 Å². The molecular formula is C15H14Cl2N2OS. The molecule has 2 aromatic rings. The van der Waals surface area contributed by atoms with Crippen LogP contribution in [-0.4, -0.2) is 23.2 Å². The molecule has 3 nitrogen and oxygen atoms in total. The van der Waals surface area contributed by atoms with E-state index in [0.29, 0.717) is 12.1 Å². The van der Waals surface area contributed by atoms with E-state index in [1.807, 2.05) is 18.2 Å². The van der Waals surface area contributed by atoms with Crippen LogP contribution in [0.15, 0.2) is 42.5 Å². The van der Waals surface area contributed by atoms with E-state index in [4.69, 9.17) is 23.2 Å². The van der Waals surface area contributed by atoms with Crippen molar-refractivity contribution in [2.24, 2.45) is 0 Å². The SMILES string of the molecule is O=C(NCCSCc1ccccc1)c1cc(Cl)nc(Cl)c1. The van der Waals surface area contributed by atoms with Gasteiger partial charge in [-0.1, -0.05) is 53.5 Å². The number of aromatic nitrogens is 1. The van der Waals surface area contributed by atoms with Crippen LogP contribution in [0.1, 0.15) is 15.9 Å². The van der Waals surface area contributed by atoms with Crippen LogP contribution in [0.3, 0.4) is 0 Å². The molecule has 1 amide bonds. The summed E-state index contributed by atoms with van der Waals surface area (Å²) in [6.07, 6.45) is 0. The summed E-state index contributed by atoms with van der Waals surface area (Å²) in [6, 6.07) is 13.2. The van der Waals surface area contributed by atoms with Crippen molar-refractivity contribution in [3.8, 4) is 0 Å². The topological polar surface area (TPSA) is 42.0 Å². The summed E-state index contributed by atoms with van der Waals surface area (Å²) in [5.41, 5.74) is 1.70. The molecule has 1 N–H and O–H groups in total. The molecule has 110 valence electrons. The molecule has 2 rings (SSSR count). The van der Waals surface area contributed by atoms with E-state index in [1.54, 1.807) is 11.8 Å². The lowest BCUT2D eigenvalue weighted by Crippen LogP contribution is -2.25. The average molecular weight is 341 g/mol. The predicted molar refractivity (Wildman–Crippen MR) is 89.2 cm³/mol. The highest BCUT2D eigenvalue weighted by Gasteiger charge is 2.07. The molecule has 21 heavy (non-hydrogen) atoms. The molecule has 6 heteroatoms. The number of carbonyl (C=O) groups is 1. The van der Waals surface area contributed by atoms with Crippen molar-refractivity contribution in [1.82, 2.24) is 10.3 Å². The highest BCUT2D eigenvalue weighted by atomic mass is 35.5. The van der Waals surface area contributed by atoms with Crippen LogP contribution < -0.4 is 5.32 Å². The zero-order valence-corrected chi connectivity index (χ0v) is 13.5. The molecule has 0 radical (unpaired) electrons. The van der Waals surface area contributed by atoms with Crippen molar-refractivity contribution in [3.63, 3.8) is 0 Å². The summed E-state index contributed by atoms with van der Waals surface area (Å²) < 4.78 is 0. The Morgan fingerprint density at radius 2 is 1.81 bits per heavy atom. The van der Waals surface area contributed by atoms with Gasteiger partial charge in [0, 0.05) is 23.6 Å². The maximum absolute atomic E-state index is 11.9. The van der Waals surface area contributed by atoms with Crippen molar-refractivity contribution < 1.29 is 4.79 Å². The number of thioether (sulfide) groups is 1. The number of amides is 1. The van der Waals surface area contributed by atoms with Crippen molar-refractivity contribution in [2.75, 3.05) is 12.3 Å². The summed E-state index contributed by atoms with van der Waals surface area (Å²) in [4.78, 5) is 15.7. The molecule has 1 heterocycles. The van der Waals surface area contributed by atoms with Crippen LogP contribution in [0.5, 0.6) is 0 Å². The number of hydrogen-bond donors (Lipinski definition) is 1. The van der Waals surface area contributed by atoms with Gasteiger partial charge in [-0.05, 0) is 17.7 Å². The van der Waals surface area contributed by atoms with E-state index < -0.39 is 0 Å². The Labute approximate surface area is 138 Å². The zero-order valence-electron chi connectivity index (χ0n) is 11.2. The number of halogens is 2. The summed E-state index contributed by atoms with van der Waals surface area (Å²) in [6.45, 7) is 0.591. The van der Waals surface area contributed by atoms with Gasteiger partial charge in [0.1, 0.15) is 10.3 Å². The summed E-state index contributed by atoms with van der Waals surface area (Å²) in [5, 5.41) is 3.26. The fourth-order valence-corrected chi connectivity index (χ4v) is 2.98. The van der Waals surface area contributed by atoms with Gasteiger partial charge in [0.15, 0.2) is 0 Å². The van der Waals surface area contributed by atoms with Crippen LogP contribution in [0.4, 0.5) is 0 Å². The standard InChI is InChI=1S/C15H14Cl2N2OS/c16-13-8-12(9-14(17)19-13)15(20)18-6-7-21-10-11-4-2-1-3-5-11/h1-5,8-9H,6-7,10H2,(H,18,20). The third kappa shape index (κ3) is 5.58. The Bertz CT molecular complexity index is 588. The molecule has 0 aliphatic rings. The third-order valence-electron chi connectivity index (χ3n) is 2.67. The lowest BCUT2D eigenvalue weighted by Gasteiger charge is -2.06.